The summed E-state index contributed by atoms with van der Waals surface area (Å²) in [5, 5.41) is 8.14. The van der Waals surface area contributed by atoms with Crippen LogP contribution in [0.5, 0.6) is 0 Å². The lowest BCUT2D eigenvalue weighted by atomic mass is 10.1. The lowest BCUT2D eigenvalue weighted by Crippen LogP contribution is -2.32. The molecule has 2 aromatic carbocycles. The summed E-state index contributed by atoms with van der Waals surface area (Å²) in [5.41, 5.74) is 0.259. The molecule has 7 nitrogen and oxygen atoms in total. The Kier molecular flexibility index (Phi) is 6.29. The summed E-state index contributed by atoms with van der Waals surface area (Å²) in [6, 6.07) is 13.3. The second-order valence-corrected chi connectivity index (χ2v) is 6.90. The smallest absolute Gasteiger partial charge is 0.360 e. The molecule has 0 bridgehead atoms. The molecule has 0 saturated carbocycles. The molecule has 3 rings (SSSR count). The third kappa shape index (κ3) is 4.63. The SMILES string of the molecule is CCCn1nc(C(=O)OC(C)C(=O)Nc2ccc(Cl)cc2)c2ccccc2c1=O. The van der Waals surface area contributed by atoms with Crippen molar-refractivity contribution < 1.29 is 14.3 Å². The second kappa shape index (κ2) is 8.87. The minimum Gasteiger partial charge on any atom is -0.448 e. The van der Waals surface area contributed by atoms with Crippen molar-refractivity contribution in [3.05, 3.63) is 69.6 Å². The van der Waals surface area contributed by atoms with Crippen LogP contribution in [0.4, 0.5) is 5.69 Å². The van der Waals surface area contributed by atoms with Gasteiger partial charge in [0.1, 0.15) is 0 Å². The Morgan fingerprint density at radius 2 is 1.79 bits per heavy atom. The molecule has 150 valence electrons. The zero-order valence-corrected chi connectivity index (χ0v) is 16.8. The number of ether oxygens (including phenoxy) is 1. The van der Waals surface area contributed by atoms with Crippen molar-refractivity contribution in [2.75, 3.05) is 5.32 Å². The van der Waals surface area contributed by atoms with Gasteiger partial charge in [-0.1, -0.05) is 36.7 Å². The lowest BCUT2D eigenvalue weighted by molar-refractivity contribution is -0.123. The summed E-state index contributed by atoms with van der Waals surface area (Å²) in [7, 11) is 0. The van der Waals surface area contributed by atoms with Gasteiger partial charge in [0.2, 0.25) is 0 Å². The summed E-state index contributed by atoms with van der Waals surface area (Å²) >= 11 is 5.83. The number of hydrogen-bond donors (Lipinski definition) is 1. The molecule has 3 aromatic rings. The van der Waals surface area contributed by atoms with E-state index < -0.39 is 18.0 Å². The molecule has 0 aliphatic rings. The third-order valence-corrected chi connectivity index (χ3v) is 4.51. The second-order valence-electron chi connectivity index (χ2n) is 6.47. The first-order valence-electron chi connectivity index (χ1n) is 9.18. The van der Waals surface area contributed by atoms with Crippen LogP contribution in [0.3, 0.4) is 0 Å². The largest absolute Gasteiger partial charge is 0.448 e. The Morgan fingerprint density at radius 1 is 1.14 bits per heavy atom. The number of amides is 1. The Hall–Kier alpha value is -3.19. The van der Waals surface area contributed by atoms with E-state index in [-0.39, 0.29) is 11.3 Å². The molecule has 8 heteroatoms. The van der Waals surface area contributed by atoms with E-state index in [2.05, 4.69) is 10.4 Å². The van der Waals surface area contributed by atoms with Crippen LogP contribution in [-0.4, -0.2) is 27.8 Å². The Balaban J connectivity index is 1.83. The number of rotatable bonds is 6. The molecule has 1 amide bonds. The van der Waals surface area contributed by atoms with Crippen molar-refractivity contribution in [1.29, 1.82) is 0 Å². The van der Waals surface area contributed by atoms with Gasteiger partial charge in [-0.2, -0.15) is 5.10 Å². The highest BCUT2D eigenvalue weighted by atomic mass is 35.5. The van der Waals surface area contributed by atoms with Gasteiger partial charge in [0.25, 0.3) is 11.5 Å². The average Bonchev–Trinajstić information content (AvgIpc) is 2.71. The zero-order valence-electron chi connectivity index (χ0n) is 16.0. The summed E-state index contributed by atoms with van der Waals surface area (Å²) in [6.45, 7) is 3.74. The third-order valence-electron chi connectivity index (χ3n) is 4.26. The minimum absolute atomic E-state index is 0.000192. The van der Waals surface area contributed by atoms with Crippen LogP contribution >= 0.6 is 11.6 Å². The molecule has 1 N–H and O–H groups in total. The molecule has 0 aliphatic heterocycles. The molecule has 0 radical (unpaired) electrons. The van der Waals surface area contributed by atoms with Crippen LogP contribution in [0, 0.1) is 0 Å². The fraction of sp³-hybridized carbons (Fsp3) is 0.238. The van der Waals surface area contributed by atoms with E-state index in [1.165, 1.54) is 11.6 Å². The first-order chi connectivity index (χ1) is 13.9. The van der Waals surface area contributed by atoms with E-state index in [0.29, 0.717) is 34.4 Å². The van der Waals surface area contributed by atoms with Crippen molar-refractivity contribution in [1.82, 2.24) is 9.78 Å². The molecule has 1 heterocycles. The number of fused-ring (bicyclic) bond motifs is 1. The van der Waals surface area contributed by atoms with Gasteiger partial charge in [0, 0.05) is 22.6 Å². The van der Waals surface area contributed by atoms with Gasteiger partial charge >= 0.3 is 5.97 Å². The van der Waals surface area contributed by atoms with E-state index >= 15 is 0 Å². The van der Waals surface area contributed by atoms with Gasteiger partial charge in [0.15, 0.2) is 11.8 Å². The van der Waals surface area contributed by atoms with Crippen LogP contribution < -0.4 is 10.9 Å². The number of aromatic nitrogens is 2. The van der Waals surface area contributed by atoms with Gasteiger partial charge in [-0.25, -0.2) is 9.48 Å². The number of anilines is 1. The highest BCUT2D eigenvalue weighted by Crippen LogP contribution is 2.17. The van der Waals surface area contributed by atoms with Crippen LogP contribution in [-0.2, 0) is 16.1 Å². The van der Waals surface area contributed by atoms with Crippen LogP contribution in [0.25, 0.3) is 10.8 Å². The number of carbonyl (C=O) groups excluding carboxylic acids is 2. The molecule has 1 unspecified atom stereocenters. The Labute approximate surface area is 172 Å². The van der Waals surface area contributed by atoms with Crippen LogP contribution in [0.15, 0.2) is 53.3 Å². The van der Waals surface area contributed by atoms with Gasteiger partial charge in [0.05, 0.1) is 5.39 Å². The predicted molar refractivity (Wildman–Crippen MR) is 111 cm³/mol. The number of esters is 1. The Bertz CT molecular complexity index is 1110. The fourth-order valence-corrected chi connectivity index (χ4v) is 2.92. The zero-order chi connectivity index (χ0) is 21.0. The van der Waals surface area contributed by atoms with E-state index in [1.54, 1.807) is 48.5 Å². The molecule has 0 saturated heterocycles. The molecule has 29 heavy (non-hydrogen) atoms. The van der Waals surface area contributed by atoms with Gasteiger partial charge in [-0.05, 0) is 43.7 Å². The van der Waals surface area contributed by atoms with Crippen molar-refractivity contribution >= 4 is 39.9 Å². The Morgan fingerprint density at radius 3 is 2.45 bits per heavy atom. The molecular weight excluding hydrogens is 394 g/mol. The summed E-state index contributed by atoms with van der Waals surface area (Å²) in [5.74, 6) is -1.27. The van der Waals surface area contributed by atoms with E-state index in [1.807, 2.05) is 6.92 Å². The molecule has 1 aromatic heterocycles. The van der Waals surface area contributed by atoms with Crippen LogP contribution in [0.2, 0.25) is 5.02 Å². The molecule has 1 atom stereocenters. The number of hydrogen-bond acceptors (Lipinski definition) is 5. The van der Waals surface area contributed by atoms with Gasteiger partial charge in [-0.3, -0.25) is 9.59 Å². The number of nitrogens with zero attached hydrogens (tertiary/aromatic N) is 2. The van der Waals surface area contributed by atoms with Crippen molar-refractivity contribution in [2.45, 2.75) is 32.9 Å². The van der Waals surface area contributed by atoms with E-state index in [4.69, 9.17) is 16.3 Å². The van der Waals surface area contributed by atoms with Crippen LogP contribution in [0.1, 0.15) is 30.8 Å². The number of nitrogens with one attached hydrogen (secondary N) is 1. The summed E-state index contributed by atoms with van der Waals surface area (Å²) < 4.78 is 6.57. The van der Waals surface area contributed by atoms with Gasteiger partial charge in [-0.15, -0.1) is 0 Å². The monoisotopic (exact) mass is 413 g/mol. The predicted octanol–water partition coefficient (Wildman–Crippen LogP) is 3.64. The lowest BCUT2D eigenvalue weighted by Gasteiger charge is -2.15. The van der Waals surface area contributed by atoms with Gasteiger partial charge < -0.3 is 10.1 Å². The number of carbonyl (C=O) groups is 2. The maximum atomic E-state index is 12.7. The average molecular weight is 414 g/mol. The number of benzene rings is 2. The molecular formula is C21H20ClN3O4. The quantitative estimate of drug-likeness (QED) is 0.623. The molecule has 0 aliphatic carbocycles. The fourth-order valence-electron chi connectivity index (χ4n) is 2.80. The maximum absolute atomic E-state index is 12.7. The van der Waals surface area contributed by atoms with E-state index in [0.717, 1.165) is 0 Å². The van der Waals surface area contributed by atoms with Crippen molar-refractivity contribution in [3.8, 4) is 0 Å². The highest BCUT2D eigenvalue weighted by Gasteiger charge is 2.23. The highest BCUT2D eigenvalue weighted by molar-refractivity contribution is 6.30. The van der Waals surface area contributed by atoms with Crippen molar-refractivity contribution in [3.63, 3.8) is 0 Å². The first kappa shape index (κ1) is 20.5. The maximum Gasteiger partial charge on any atom is 0.360 e. The molecule has 0 spiro atoms. The van der Waals surface area contributed by atoms with E-state index in [9.17, 15) is 14.4 Å². The summed E-state index contributed by atoms with van der Waals surface area (Å²) in [4.78, 5) is 37.6. The molecule has 0 fully saturated rings. The van der Waals surface area contributed by atoms with Crippen molar-refractivity contribution in [2.24, 2.45) is 0 Å². The number of halogens is 1. The summed E-state index contributed by atoms with van der Waals surface area (Å²) in [6.07, 6.45) is -0.384. The number of aryl methyl sites for hydroxylation is 1. The normalized spacial score (nSPS) is 11.8. The standard InChI is InChI=1S/C21H20ClN3O4/c1-3-12-25-20(27)17-7-5-4-6-16(17)18(24-25)21(28)29-13(2)19(26)23-15-10-8-14(22)9-11-15/h4-11,13H,3,12H2,1-2H3,(H,23,26). The minimum atomic E-state index is -1.06. The first-order valence-corrected chi connectivity index (χ1v) is 9.55. The topological polar surface area (TPSA) is 90.3 Å².